The van der Waals surface area contributed by atoms with Crippen LogP contribution in [0.5, 0.6) is 0 Å². The zero-order valence-corrected chi connectivity index (χ0v) is 12.0. The van der Waals surface area contributed by atoms with E-state index in [1.807, 2.05) is 17.0 Å². The van der Waals surface area contributed by atoms with E-state index in [4.69, 9.17) is 0 Å². The molecule has 2 aliphatic heterocycles. The normalized spacial score (nSPS) is 20.0. The second kappa shape index (κ2) is 6.37. The van der Waals surface area contributed by atoms with Crippen molar-refractivity contribution in [3.05, 3.63) is 29.8 Å². The second-order valence-corrected chi connectivity index (χ2v) is 5.68. The first-order valence-electron chi connectivity index (χ1n) is 7.66. The van der Waals surface area contributed by atoms with Crippen molar-refractivity contribution in [1.82, 2.24) is 10.2 Å². The summed E-state index contributed by atoms with van der Waals surface area (Å²) in [5, 5.41) is 3.21. The maximum Gasteiger partial charge on any atom is 0.240 e. The number of hydrogen-bond donors (Lipinski definition) is 1. The molecule has 0 unspecified atom stereocenters. The highest BCUT2D eigenvalue weighted by atomic mass is 16.2. The van der Waals surface area contributed by atoms with Crippen LogP contribution in [0.3, 0.4) is 0 Å². The fourth-order valence-corrected chi connectivity index (χ4v) is 3.16. The van der Waals surface area contributed by atoms with Crippen LogP contribution in [-0.2, 0) is 11.3 Å². The van der Waals surface area contributed by atoms with Crippen LogP contribution in [0, 0.1) is 0 Å². The predicted molar refractivity (Wildman–Crippen MR) is 80.8 cm³/mol. The first-order valence-corrected chi connectivity index (χ1v) is 7.66. The fourth-order valence-electron chi connectivity index (χ4n) is 3.16. The van der Waals surface area contributed by atoms with Gasteiger partial charge in [0.1, 0.15) is 0 Å². The standard InChI is InChI=1S/C16H23N3O/c20-16-13-17-12-14-6-1-2-7-15(14)19(16)11-5-10-18-8-3-4-9-18/h1-2,6-7,17H,3-5,8-13H2. The SMILES string of the molecule is O=C1CNCc2ccccc2N1CCCN1CCCC1. The van der Waals surface area contributed by atoms with Crippen molar-refractivity contribution in [2.24, 2.45) is 0 Å². The lowest BCUT2D eigenvalue weighted by Gasteiger charge is -2.24. The highest BCUT2D eigenvalue weighted by Crippen LogP contribution is 2.22. The summed E-state index contributed by atoms with van der Waals surface area (Å²) in [5.74, 6) is 0.191. The molecule has 0 bridgehead atoms. The smallest absolute Gasteiger partial charge is 0.240 e. The van der Waals surface area contributed by atoms with Crippen LogP contribution < -0.4 is 10.2 Å². The molecular formula is C16H23N3O. The van der Waals surface area contributed by atoms with Gasteiger partial charge in [0.2, 0.25) is 5.91 Å². The number of fused-ring (bicyclic) bond motifs is 1. The first kappa shape index (κ1) is 13.6. The molecule has 0 aliphatic carbocycles. The van der Waals surface area contributed by atoms with Gasteiger partial charge in [0.05, 0.1) is 6.54 Å². The number of nitrogens with zero attached hydrogens (tertiary/aromatic N) is 2. The monoisotopic (exact) mass is 273 g/mol. The van der Waals surface area contributed by atoms with Gasteiger partial charge in [-0.2, -0.15) is 0 Å². The number of amides is 1. The van der Waals surface area contributed by atoms with Crippen molar-refractivity contribution >= 4 is 11.6 Å². The molecule has 2 aliphatic rings. The van der Waals surface area contributed by atoms with E-state index in [1.54, 1.807) is 0 Å². The summed E-state index contributed by atoms with van der Waals surface area (Å²) in [6.07, 6.45) is 3.71. The number of hydrogen-bond acceptors (Lipinski definition) is 3. The topological polar surface area (TPSA) is 35.6 Å². The lowest BCUT2D eigenvalue weighted by atomic mass is 10.1. The number of carbonyl (C=O) groups excluding carboxylic acids is 1. The summed E-state index contributed by atoms with van der Waals surface area (Å²) in [6.45, 7) is 5.62. The third kappa shape index (κ3) is 3.02. The van der Waals surface area contributed by atoms with Crippen LogP contribution in [0.25, 0.3) is 0 Å². The Morgan fingerprint density at radius 2 is 1.85 bits per heavy atom. The molecule has 0 saturated carbocycles. The van der Waals surface area contributed by atoms with E-state index in [0.717, 1.165) is 31.7 Å². The predicted octanol–water partition coefficient (Wildman–Crippen LogP) is 1.61. The van der Waals surface area contributed by atoms with Crippen molar-refractivity contribution in [3.63, 3.8) is 0 Å². The zero-order valence-electron chi connectivity index (χ0n) is 12.0. The van der Waals surface area contributed by atoms with Gasteiger partial charge in [0, 0.05) is 18.8 Å². The number of carbonyl (C=O) groups is 1. The molecule has 1 aromatic carbocycles. The van der Waals surface area contributed by atoms with E-state index < -0.39 is 0 Å². The molecule has 4 heteroatoms. The summed E-state index contributed by atoms with van der Waals surface area (Å²) >= 11 is 0. The van der Waals surface area contributed by atoms with Gasteiger partial charge in [0.15, 0.2) is 0 Å². The average Bonchev–Trinajstić information content (AvgIpc) is 2.92. The molecule has 108 valence electrons. The van der Waals surface area contributed by atoms with Crippen molar-refractivity contribution in [2.45, 2.75) is 25.8 Å². The van der Waals surface area contributed by atoms with Gasteiger partial charge in [-0.15, -0.1) is 0 Å². The van der Waals surface area contributed by atoms with Crippen molar-refractivity contribution < 1.29 is 4.79 Å². The summed E-state index contributed by atoms with van der Waals surface area (Å²) in [4.78, 5) is 16.7. The molecule has 0 radical (unpaired) electrons. The lowest BCUT2D eigenvalue weighted by Crippen LogP contribution is -2.37. The number of likely N-dealkylation sites (tertiary alicyclic amines) is 1. The Balaban J connectivity index is 1.65. The van der Waals surface area contributed by atoms with E-state index >= 15 is 0 Å². The van der Waals surface area contributed by atoms with Gasteiger partial charge in [-0.3, -0.25) is 4.79 Å². The van der Waals surface area contributed by atoms with Crippen LogP contribution in [-0.4, -0.2) is 43.5 Å². The number of rotatable bonds is 4. The fraction of sp³-hybridized carbons (Fsp3) is 0.562. The number of nitrogens with one attached hydrogen (secondary N) is 1. The minimum Gasteiger partial charge on any atom is -0.311 e. The van der Waals surface area contributed by atoms with Crippen molar-refractivity contribution in [2.75, 3.05) is 37.6 Å². The Hall–Kier alpha value is -1.39. The Kier molecular flexibility index (Phi) is 4.33. The Bertz CT molecular complexity index is 469. The Labute approximate surface area is 120 Å². The maximum absolute atomic E-state index is 12.3. The Morgan fingerprint density at radius 3 is 2.70 bits per heavy atom. The molecule has 0 aromatic heterocycles. The number of benzene rings is 1. The Morgan fingerprint density at radius 1 is 1.05 bits per heavy atom. The van der Waals surface area contributed by atoms with Crippen molar-refractivity contribution in [3.8, 4) is 0 Å². The third-order valence-corrected chi connectivity index (χ3v) is 4.23. The first-order chi connectivity index (χ1) is 9.84. The minimum absolute atomic E-state index is 0.191. The van der Waals surface area contributed by atoms with Crippen LogP contribution in [0.15, 0.2) is 24.3 Å². The summed E-state index contributed by atoms with van der Waals surface area (Å²) < 4.78 is 0. The maximum atomic E-state index is 12.3. The number of para-hydroxylation sites is 1. The van der Waals surface area contributed by atoms with Crippen LogP contribution >= 0.6 is 0 Å². The van der Waals surface area contributed by atoms with Gasteiger partial charge in [0.25, 0.3) is 0 Å². The van der Waals surface area contributed by atoms with E-state index in [-0.39, 0.29) is 5.91 Å². The second-order valence-electron chi connectivity index (χ2n) is 5.68. The molecule has 1 aromatic rings. The molecule has 4 nitrogen and oxygen atoms in total. The van der Waals surface area contributed by atoms with Crippen LogP contribution in [0.2, 0.25) is 0 Å². The van der Waals surface area contributed by atoms with Gasteiger partial charge in [-0.25, -0.2) is 0 Å². The van der Waals surface area contributed by atoms with E-state index in [9.17, 15) is 4.79 Å². The van der Waals surface area contributed by atoms with Gasteiger partial charge < -0.3 is 15.1 Å². The zero-order chi connectivity index (χ0) is 13.8. The minimum atomic E-state index is 0.191. The molecule has 20 heavy (non-hydrogen) atoms. The van der Waals surface area contributed by atoms with Crippen molar-refractivity contribution in [1.29, 1.82) is 0 Å². The molecule has 1 N–H and O–H groups in total. The molecule has 3 rings (SSSR count). The van der Waals surface area contributed by atoms with Gasteiger partial charge in [-0.1, -0.05) is 18.2 Å². The highest BCUT2D eigenvalue weighted by Gasteiger charge is 2.21. The van der Waals surface area contributed by atoms with E-state index in [2.05, 4.69) is 22.3 Å². The highest BCUT2D eigenvalue weighted by molar-refractivity contribution is 5.96. The van der Waals surface area contributed by atoms with Gasteiger partial charge >= 0.3 is 0 Å². The molecule has 2 heterocycles. The van der Waals surface area contributed by atoms with Crippen LogP contribution in [0.4, 0.5) is 5.69 Å². The third-order valence-electron chi connectivity index (χ3n) is 4.23. The van der Waals surface area contributed by atoms with E-state index in [0.29, 0.717) is 6.54 Å². The molecule has 1 saturated heterocycles. The largest absolute Gasteiger partial charge is 0.311 e. The summed E-state index contributed by atoms with van der Waals surface area (Å²) in [7, 11) is 0. The van der Waals surface area contributed by atoms with Gasteiger partial charge in [-0.05, 0) is 50.5 Å². The quantitative estimate of drug-likeness (QED) is 0.905. The molecule has 1 amide bonds. The summed E-state index contributed by atoms with van der Waals surface area (Å²) in [5.41, 5.74) is 2.31. The molecule has 0 spiro atoms. The number of anilines is 1. The molecular weight excluding hydrogens is 250 g/mol. The lowest BCUT2D eigenvalue weighted by molar-refractivity contribution is -0.117. The summed E-state index contributed by atoms with van der Waals surface area (Å²) in [6, 6.07) is 8.23. The molecule has 1 fully saturated rings. The van der Waals surface area contributed by atoms with Crippen LogP contribution in [0.1, 0.15) is 24.8 Å². The average molecular weight is 273 g/mol. The van der Waals surface area contributed by atoms with E-state index in [1.165, 1.54) is 31.5 Å². The molecule has 0 atom stereocenters.